The van der Waals surface area contributed by atoms with Crippen molar-refractivity contribution < 1.29 is 14.3 Å². The summed E-state index contributed by atoms with van der Waals surface area (Å²) >= 11 is 0. The first-order valence-electron chi connectivity index (χ1n) is 8.92. The van der Waals surface area contributed by atoms with E-state index in [1.54, 1.807) is 19.1 Å². The Labute approximate surface area is 152 Å². The summed E-state index contributed by atoms with van der Waals surface area (Å²) in [6, 6.07) is 12.6. The minimum absolute atomic E-state index is 0.00274. The van der Waals surface area contributed by atoms with E-state index in [1.807, 2.05) is 24.3 Å². The Morgan fingerprint density at radius 3 is 2.46 bits per heavy atom. The number of carbonyl (C=O) groups is 1. The zero-order valence-corrected chi connectivity index (χ0v) is 15.0. The summed E-state index contributed by atoms with van der Waals surface area (Å²) in [5, 5.41) is 9.68. The lowest BCUT2D eigenvalue weighted by Crippen LogP contribution is -2.09. The van der Waals surface area contributed by atoms with E-state index >= 15 is 0 Å². The Morgan fingerprint density at radius 2 is 1.81 bits per heavy atom. The number of carboxylic acid groups (broad SMARTS) is 1. The number of aryl methyl sites for hydroxylation is 1. The second-order valence-corrected chi connectivity index (χ2v) is 6.53. The highest BCUT2D eigenvalue weighted by molar-refractivity contribution is 6.01. The van der Waals surface area contributed by atoms with Gasteiger partial charge in [0.25, 0.3) is 0 Å². The summed E-state index contributed by atoms with van der Waals surface area (Å²) < 4.78 is 5.91. The first kappa shape index (κ1) is 17.9. The summed E-state index contributed by atoms with van der Waals surface area (Å²) in [5.41, 5.74) is 2.43. The van der Waals surface area contributed by atoms with Gasteiger partial charge in [-0.1, -0.05) is 50.1 Å². The Balaban J connectivity index is 2.07. The molecule has 1 aromatic heterocycles. The number of rotatable bonds is 6. The molecule has 0 radical (unpaired) electrons. The molecule has 3 rings (SSSR count). The molecule has 0 saturated carbocycles. The summed E-state index contributed by atoms with van der Waals surface area (Å²) in [7, 11) is 0. The predicted molar refractivity (Wildman–Crippen MR) is 103 cm³/mol. The van der Waals surface area contributed by atoms with Gasteiger partial charge in [-0.05, 0) is 37.5 Å². The number of fused-ring (bicyclic) bond motifs is 1. The van der Waals surface area contributed by atoms with Gasteiger partial charge in [-0.3, -0.25) is 4.79 Å². The van der Waals surface area contributed by atoms with E-state index in [0.717, 1.165) is 18.4 Å². The van der Waals surface area contributed by atoms with E-state index in [1.165, 1.54) is 24.5 Å². The number of para-hydroxylation sites is 1. The topological polar surface area (TPSA) is 67.5 Å². The van der Waals surface area contributed by atoms with Crippen LogP contribution in [-0.2, 0) is 6.42 Å². The maximum absolute atomic E-state index is 12.7. The molecular formula is C22H22O4. The molecule has 2 aromatic carbocycles. The van der Waals surface area contributed by atoms with Gasteiger partial charge >= 0.3 is 5.97 Å². The standard InChI is InChI=1S/C22H22O4/c1-3-4-5-7-15-10-12-16(13-11-15)20-14(2)19(23)17-8-6-9-18(22(24)25)21(17)26-20/h6,8-13H,3-5,7H2,1-2H3,(H,24,25). The van der Waals surface area contributed by atoms with Gasteiger partial charge in [-0.15, -0.1) is 0 Å². The van der Waals surface area contributed by atoms with Crippen molar-refractivity contribution in [2.24, 2.45) is 0 Å². The molecule has 0 aliphatic heterocycles. The molecule has 0 unspecified atom stereocenters. The van der Waals surface area contributed by atoms with Crippen LogP contribution in [0.25, 0.3) is 22.3 Å². The number of hydrogen-bond donors (Lipinski definition) is 1. The minimum Gasteiger partial charge on any atom is -0.478 e. The highest BCUT2D eigenvalue weighted by Gasteiger charge is 2.17. The van der Waals surface area contributed by atoms with Crippen molar-refractivity contribution in [1.29, 1.82) is 0 Å². The molecule has 0 fully saturated rings. The molecule has 0 aliphatic rings. The maximum Gasteiger partial charge on any atom is 0.339 e. The third kappa shape index (κ3) is 3.40. The van der Waals surface area contributed by atoms with E-state index in [9.17, 15) is 14.7 Å². The van der Waals surface area contributed by atoms with Gasteiger partial charge in [0.1, 0.15) is 11.3 Å². The van der Waals surface area contributed by atoms with Crippen LogP contribution < -0.4 is 5.43 Å². The zero-order valence-electron chi connectivity index (χ0n) is 15.0. The van der Waals surface area contributed by atoms with Gasteiger partial charge < -0.3 is 9.52 Å². The quantitative estimate of drug-likeness (QED) is 0.621. The van der Waals surface area contributed by atoms with Gasteiger partial charge in [0, 0.05) is 11.1 Å². The van der Waals surface area contributed by atoms with Gasteiger partial charge in [0.05, 0.1) is 5.39 Å². The Morgan fingerprint density at radius 1 is 1.08 bits per heavy atom. The van der Waals surface area contributed by atoms with Gasteiger partial charge in [0.15, 0.2) is 11.0 Å². The van der Waals surface area contributed by atoms with Crippen molar-refractivity contribution in [2.75, 3.05) is 0 Å². The first-order valence-corrected chi connectivity index (χ1v) is 8.92. The fourth-order valence-electron chi connectivity index (χ4n) is 3.16. The normalized spacial score (nSPS) is 11.0. The molecule has 0 atom stereocenters. The lowest BCUT2D eigenvalue weighted by Gasteiger charge is -2.09. The predicted octanol–water partition coefficient (Wildman–Crippen LogP) is 5.20. The second-order valence-electron chi connectivity index (χ2n) is 6.53. The van der Waals surface area contributed by atoms with E-state index in [0.29, 0.717) is 16.7 Å². The second kappa shape index (κ2) is 7.56. The Hall–Kier alpha value is -2.88. The maximum atomic E-state index is 12.7. The molecule has 0 bridgehead atoms. The molecule has 4 heteroatoms. The van der Waals surface area contributed by atoms with Crippen molar-refractivity contribution >= 4 is 16.9 Å². The molecule has 26 heavy (non-hydrogen) atoms. The lowest BCUT2D eigenvalue weighted by atomic mass is 10.0. The van der Waals surface area contributed by atoms with Gasteiger partial charge in [-0.2, -0.15) is 0 Å². The fourth-order valence-corrected chi connectivity index (χ4v) is 3.16. The Bertz CT molecular complexity index is 997. The number of aromatic carboxylic acids is 1. The largest absolute Gasteiger partial charge is 0.478 e. The molecule has 0 spiro atoms. The van der Waals surface area contributed by atoms with Crippen molar-refractivity contribution in [2.45, 2.75) is 39.5 Å². The number of unbranched alkanes of at least 4 members (excludes halogenated alkanes) is 2. The van der Waals surface area contributed by atoms with Gasteiger partial charge in [-0.25, -0.2) is 4.79 Å². The van der Waals surface area contributed by atoms with E-state index < -0.39 is 5.97 Å². The molecule has 0 amide bonds. The van der Waals surface area contributed by atoms with Crippen molar-refractivity contribution in [3.05, 3.63) is 69.4 Å². The van der Waals surface area contributed by atoms with Crippen LogP contribution in [0.3, 0.4) is 0 Å². The van der Waals surface area contributed by atoms with Crippen LogP contribution in [0.4, 0.5) is 0 Å². The SMILES string of the molecule is CCCCCc1ccc(-c2oc3c(C(=O)O)cccc3c(=O)c2C)cc1. The zero-order chi connectivity index (χ0) is 18.7. The van der Waals surface area contributed by atoms with E-state index in [4.69, 9.17) is 4.42 Å². The molecule has 1 N–H and O–H groups in total. The molecule has 3 aromatic rings. The van der Waals surface area contributed by atoms with Crippen LogP contribution in [0.5, 0.6) is 0 Å². The number of hydrogen-bond acceptors (Lipinski definition) is 3. The average Bonchev–Trinajstić information content (AvgIpc) is 2.65. The molecule has 0 aliphatic carbocycles. The third-order valence-corrected chi connectivity index (χ3v) is 4.66. The highest BCUT2D eigenvalue weighted by Crippen LogP contribution is 2.28. The van der Waals surface area contributed by atoms with Crippen molar-refractivity contribution in [3.63, 3.8) is 0 Å². The van der Waals surface area contributed by atoms with Crippen LogP contribution in [0, 0.1) is 6.92 Å². The van der Waals surface area contributed by atoms with Crippen LogP contribution >= 0.6 is 0 Å². The summed E-state index contributed by atoms with van der Waals surface area (Å²) in [4.78, 5) is 24.2. The van der Waals surface area contributed by atoms with E-state index in [2.05, 4.69) is 6.92 Å². The monoisotopic (exact) mass is 350 g/mol. The van der Waals surface area contributed by atoms with Crippen molar-refractivity contribution in [3.8, 4) is 11.3 Å². The van der Waals surface area contributed by atoms with Gasteiger partial charge in [0.2, 0.25) is 0 Å². The van der Waals surface area contributed by atoms with Crippen LogP contribution in [0.1, 0.15) is 47.7 Å². The molecule has 0 saturated heterocycles. The Kier molecular flexibility index (Phi) is 5.21. The molecular weight excluding hydrogens is 328 g/mol. The van der Waals surface area contributed by atoms with Crippen LogP contribution in [-0.4, -0.2) is 11.1 Å². The minimum atomic E-state index is -1.11. The smallest absolute Gasteiger partial charge is 0.339 e. The fraction of sp³-hybridized carbons (Fsp3) is 0.273. The van der Waals surface area contributed by atoms with E-state index in [-0.39, 0.29) is 16.6 Å². The number of carboxylic acids is 1. The molecule has 134 valence electrons. The lowest BCUT2D eigenvalue weighted by molar-refractivity contribution is 0.0698. The summed E-state index contributed by atoms with van der Waals surface area (Å²) in [5.74, 6) is -0.684. The molecule has 1 heterocycles. The van der Waals surface area contributed by atoms with Crippen molar-refractivity contribution in [1.82, 2.24) is 0 Å². The van der Waals surface area contributed by atoms with Crippen LogP contribution in [0.15, 0.2) is 51.7 Å². The highest BCUT2D eigenvalue weighted by atomic mass is 16.4. The summed E-state index contributed by atoms with van der Waals surface area (Å²) in [6.07, 6.45) is 4.57. The van der Waals surface area contributed by atoms with Crippen LogP contribution in [0.2, 0.25) is 0 Å². The number of benzene rings is 2. The average molecular weight is 350 g/mol. The third-order valence-electron chi connectivity index (χ3n) is 4.66. The summed E-state index contributed by atoms with van der Waals surface area (Å²) in [6.45, 7) is 3.89. The molecule has 4 nitrogen and oxygen atoms in total. The first-order chi connectivity index (χ1) is 12.5.